The molecule has 1 aliphatic heterocycles. The maximum atomic E-state index is 13.3. The van der Waals surface area contributed by atoms with Crippen molar-refractivity contribution in [3.63, 3.8) is 0 Å². The lowest BCUT2D eigenvalue weighted by atomic mass is 9.73. The van der Waals surface area contributed by atoms with Crippen molar-refractivity contribution in [1.82, 2.24) is 0 Å². The predicted molar refractivity (Wildman–Crippen MR) is 99.3 cm³/mol. The van der Waals surface area contributed by atoms with Gasteiger partial charge in [-0.3, -0.25) is 4.79 Å². The van der Waals surface area contributed by atoms with E-state index in [1.165, 1.54) is 0 Å². The van der Waals surface area contributed by atoms with Crippen LogP contribution < -0.4 is 10.1 Å². The fraction of sp³-hybridized carbons (Fsp3) is 0.381. The SMILES string of the molecule is COc1c(C)cc(NC(=O)C2(c3ccccc3)CCOCC2)cc1C. The lowest BCUT2D eigenvalue weighted by Gasteiger charge is -2.36. The van der Waals surface area contributed by atoms with E-state index in [0.717, 1.165) is 28.1 Å². The lowest BCUT2D eigenvalue weighted by Crippen LogP contribution is -2.44. The van der Waals surface area contributed by atoms with Crippen molar-refractivity contribution < 1.29 is 14.3 Å². The first-order chi connectivity index (χ1) is 12.1. The summed E-state index contributed by atoms with van der Waals surface area (Å²) >= 11 is 0. The molecule has 0 radical (unpaired) electrons. The van der Waals surface area contributed by atoms with E-state index in [9.17, 15) is 4.79 Å². The Morgan fingerprint density at radius 1 is 1.08 bits per heavy atom. The van der Waals surface area contributed by atoms with Crippen molar-refractivity contribution in [2.24, 2.45) is 0 Å². The molecule has 0 aromatic heterocycles. The third kappa shape index (κ3) is 3.40. The Balaban J connectivity index is 1.92. The monoisotopic (exact) mass is 339 g/mol. The van der Waals surface area contributed by atoms with Gasteiger partial charge < -0.3 is 14.8 Å². The van der Waals surface area contributed by atoms with Crippen molar-refractivity contribution >= 4 is 11.6 Å². The van der Waals surface area contributed by atoms with Gasteiger partial charge in [-0.15, -0.1) is 0 Å². The third-order valence-corrected chi connectivity index (χ3v) is 5.03. The summed E-state index contributed by atoms with van der Waals surface area (Å²) in [7, 11) is 1.67. The van der Waals surface area contributed by atoms with Gasteiger partial charge in [0.15, 0.2) is 0 Å². The highest BCUT2D eigenvalue weighted by molar-refractivity contribution is 5.99. The number of rotatable bonds is 4. The Morgan fingerprint density at radius 2 is 1.68 bits per heavy atom. The van der Waals surface area contributed by atoms with Crippen molar-refractivity contribution in [2.45, 2.75) is 32.1 Å². The summed E-state index contributed by atoms with van der Waals surface area (Å²) in [6.45, 7) is 5.18. The molecule has 2 aromatic carbocycles. The number of methoxy groups -OCH3 is 1. The molecular weight excluding hydrogens is 314 g/mol. The number of ether oxygens (including phenoxy) is 2. The third-order valence-electron chi connectivity index (χ3n) is 5.03. The number of carbonyl (C=O) groups excluding carboxylic acids is 1. The van der Waals surface area contributed by atoms with Gasteiger partial charge in [0.25, 0.3) is 0 Å². The molecule has 4 heteroatoms. The van der Waals surface area contributed by atoms with Crippen LogP contribution in [0.4, 0.5) is 5.69 Å². The van der Waals surface area contributed by atoms with Crippen molar-refractivity contribution in [3.05, 3.63) is 59.2 Å². The number of hydrogen-bond acceptors (Lipinski definition) is 3. The van der Waals surface area contributed by atoms with Crippen LogP contribution in [0.1, 0.15) is 29.5 Å². The van der Waals surface area contributed by atoms with Crippen molar-refractivity contribution in [2.75, 3.05) is 25.6 Å². The highest BCUT2D eigenvalue weighted by atomic mass is 16.5. The summed E-state index contributed by atoms with van der Waals surface area (Å²) in [4.78, 5) is 13.3. The summed E-state index contributed by atoms with van der Waals surface area (Å²) in [6, 6.07) is 13.9. The maximum Gasteiger partial charge on any atom is 0.235 e. The molecular formula is C21H25NO3. The molecule has 2 aromatic rings. The molecule has 0 atom stereocenters. The fourth-order valence-corrected chi connectivity index (χ4v) is 3.72. The summed E-state index contributed by atoms with van der Waals surface area (Å²) in [6.07, 6.45) is 1.38. The molecule has 4 nitrogen and oxygen atoms in total. The average molecular weight is 339 g/mol. The molecule has 0 bridgehead atoms. The van der Waals surface area contributed by atoms with Crippen LogP contribution in [0.25, 0.3) is 0 Å². The maximum absolute atomic E-state index is 13.3. The number of amides is 1. The number of nitrogens with one attached hydrogen (secondary N) is 1. The van der Waals surface area contributed by atoms with Gasteiger partial charge in [-0.25, -0.2) is 0 Å². The zero-order chi connectivity index (χ0) is 17.9. The second kappa shape index (κ2) is 7.28. The average Bonchev–Trinajstić information content (AvgIpc) is 2.63. The smallest absolute Gasteiger partial charge is 0.235 e. The molecule has 1 saturated heterocycles. The first kappa shape index (κ1) is 17.5. The van der Waals surface area contributed by atoms with Crippen LogP contribution >= 0.6 is 0 Å². The molecule has 0 unspecified atom stereocenters. The first-order valence-electron chi connectivity index (χ1n) is 8.67. The summed E-state index contributed by atoms with van der Waals surface area (Å²) < 4.78 is 10.9. The normalized spacial score (nSPS) is 16.3. The highest BCUT2D eigenvalue weighted by Crippen LogP contribution is 2.36. The quantitative estimate of drug-likeness (QED) is 0.916. The summed E-state index contributed by atoms with van der Waals surface area (Å²) in [5.41, 5.74) is 3.35. The Bertz CT molecular complexity index is 726. The summed E-state index contributed by atoms with van der Waals surface area (Å²) in [5.74, 6) is 0.896. The van der Waals surface area contributed by atoms with Crippen LogP contribution in [0.15, 0.2) is 42.5 Å². The van der Waals surface area contributed by atoms with Crippen LogP contribution in [-0.4, -0.2) is 26.2 Å². The van der Waals surface area contributed by atoms with Crippen LogP contribution in [0.3, 0.4) is 0 Å². The van der Waals surface area contributed by atoms with E-state index in [1.54, 1.807) is 7.11 Å². The molecule has 3 rings (SSSR count). The Labute approximate surface area is 149 Å². The van der Waals surface area contributed by atoms with E-state index in [4.69, 9.17) is 9.47 Å². The second-order valence-corrected chi connectivity index (χ2v) is 6.66. The molecule has 0 spiro atoms. The van der Waals surface area contributed by atoms with E-state index in [2.05, 4.69) is 5.32 Å². The Hall–Kier alpha value is -2.33. The molecule has 25 heavy (non-hydrogen) atoms. The van der Waals surface area contributed by atoms with Gasteiger partial charge in [-0.2, -0.15) is 0 Å². The van der Waals surface area contributed by atoms with Crippen molar-refractivity contribution in [1.29, 1.82) is 0 Å². The highest BCUT2D eigenvalue weighted by Gasteiger charge is 2.41. The van der Waals surface area contributed by atoms with E-state index in [0.29, 0.717) is 26.1 Å². The van der Waals surface area contributed by atoms with Gasteiger partial charge in [0.05, 0.1) is 12.5 Å². The molecule has 1 fully saturated rings. The second-order valence-electron chi connectivity index (χ2n) is 6.66. The number of anilines is 1. The van der Waals surface area contributed by atoms with Gasteiger partial charge in [-0.05, 0) is 55.5 Å². The number of benzene rings is 2. The topological polar surface area (TPSA) is 47.6 Å². The van der Waals surface area contributed by atoms with E-state index in [-0.39, 0.29) is 5.91 Å². The zero-order valence-electron chi connectivity index (χ0n) is 15.1. The van der Waals surface area contributed by atoms with E-state index < -0.39 is 5.41 Å². The fourth-order valence-electron chi connectivity index (χ4n) is 3.72. The molecule has 0 aliphatic carbocycles. The van der Waals surface area contributed by atoms with Crippen LogP contribution in [0.2, 0.25) is 0 Å². The molecule has 1 aliphatic rings. The molecule has 1 heterocycles. The van der Waals surface area contributed by atoms with Gasteiger partial charge in [0, 0.05) is 18.9 Å². The molecule has 132 valence electrons. The van der Waals surface area contributed by atoms with Crippen molar-refractivity contribution in [3.8, 4) is 5.75 Å². The minimum atomic E-state index is -0.540. The number of carbonyl (C=O) groups is 1. The molecule has 1 amide bonds. The molecule has 0 saturated carbocycles. The van der Waals surface area contributed by atoms with E-state index >= 15 is 0 Å². The largest absolute Gasteiger partial charge is 0.496 e. The van der Waals surface area contributed by atoms with Crippen LogP contribution in [0, 0.1) is 13.8 Å². The van der Waals surface area contributed by atoms with Crippen LogP contribution in [0.5, 0.6) is 5.75 Å². The van der Waals surface area contributed by atoms with Crippen LogP contribution in [-0.2, 0) is 14.9 Å². The lowest BCUT2D eigenvalue weighted by molar-refractivity contribution is -0.125. The first-order valence-corrected chi connectivity index (χ1v) is 8.67. The van der Waals surface area contributed by atoms with Gasteiger partial charge in [0.1, 0.15) is 5.75 Å². The van der Waals surface area contributed by atoms with Gasteiger partial charge in [-0.1, -0.05) is 30.3 Å². The van der Waals surface area contributed by atoms with Gasteiger partial charge in [0.2, 0.25) is 5.91 Å². The summed E-state index contributed by atoms with van der Waals surface area (Å²) in [5, 5.41) is 3.13. The Morgan fingerprint density at radius 3 is 2.24 bits per heavy atom. The predicted octanol–water partition coefficient (Wildman–Crippen LogP) is 4.00. The minimum absolute atomic E-state index is 0.0333. The zero-order valence-corrected chi connectivity index (χ0v) is 15.1. The Kier molecular flexibility index (Phi) is 5.09. The number of aryl methyl sites for hydroxylation is 2. The minimum Gasteiger partial charge on any atom is -0.496 e. The number of hydrogen-bond donors (Lipinski definition) is 1. The molecule has 1 N–H and O–H groups in total. The van der Waals surface area contributed by atoms with E-state index in [1.807, 2.05) is 56.3 Å². The van der Waals surface area contributed by atoms with Gasteiger partial charge >= 0.3 is 0 Å². The standard InChI is InChI=1S/C21H25NO3/c1-15-13-18(14-16(2)19(15)24-3)22-20(23)21(9-11-25-12-10-21)17-7-5-4-6-8-17/h4-8,13-14H,9-12H2,1-3H3,(H,22,23).